The van der Waals surface area contributed by atoms with E-state index in [1.807, 2.05) is 6.92 Å². The summed E-state index contributed by atoms with van der Waals surface area (Å²) in [6.07, 6.45) is 0. The van der Waals surface area contributed by atoms with Crippen LogP contribution >= 0.6 is 34.8 Å². The zero-order valence-electron chi connectivity index (χ0n) is 11.4. The minimum Gasteiger partial charge on any atom is -0.394 e. The average molecular weight is 342 g/mol. The predicted molar refractivity (Wildman–Crippen MR) is 84.6 cm³/mol. The van der Waals surface area contributed by atoms with Crippen LogP contribution in [0.15, 0.2) is 12.1 Å². The standard InChI is InChI=1S/C13H19Cl3O2Si/c1-4-17-19(5-2,6-3)18-9-11-12(15)7-10(14)8-13(11)16/h7-8H,4-6,9H2,1-3H3. The van der Waals surface area contributed by atoms with Crippen molar-refractivity contribution < 1.29 is 8.85 Å². The first-order valence-corrected chi connectivity index (χ1v) is 9.75. The molecule has 0 radical (unpaired) electrons. The molecule has 0 saturated heterocycles. The molecule has 0 bridgehead atoms. The van der Waals surface area contributed by atoms with Gasteiger partial charge in [-0.1, -0.05) is 48.7 Å². The Labute approximate surface area is 131 Å². The lowest BCUT2D eigenvalue weighted by atomic mass is 10.2. The first kappa shape index (κ1) is 17.3. The summed E-state index contributed by atoms with van der Waals surface area (Å²) in [5, 5.41) is 1.59. The van der Waals surface area contributed by atoms with Crippen LogP contribution in [-0.4, -0.2) is 15.2 Å². The quantitative estimate of drug-likeness (QED) is 0.594. The maximum Gasteiger partial charge on any atom is 0.337 e. The Kier molecular flexibility index (Phi) is 7.15. The van der Waals surface area contributed by atoms with Crippen molar-refractivity contribution in [2.75, 3.05) is 6.61 Å². The number of rotatable bonds is 7. The molecule has 1 aromatic carbocycles. The van der Waals surface area contributed by atoms with Gasteiger partial charge in [0.05, 0.1) is 6.61 Å². The van der Waals surface area contributed by atoms with Gasteiger partial charge in [0.2, 0.25) is 0 Å². The Morgan fingerprint density at radius 3 is 1.89 bits per heavy atom. The van der Waals surface area contributed by atoms with E-state index < -0.39 is 8.56 Å². The van der Waals surface area contributed by atoms with Crippen LogP contribution in [0.1, 0.15) is 26.3 Å². The molecule has 0 atom stereocenters. The lowest BCUT2D eigenvalue weighted by molar-refractivity contribution is 0.168. The molecule has 0 aliphatic heterocycles. The maximum atomic E-state index is 6.15. The van der Waals surface area contributed by atoms with Gasteiger partial charge in [-0.2, -0.15) is 0 Å². The summed E-state index contributed by atoms with van der Waals surface area (Å²) in [5.41, 5.74) is 0.770. The fourth-order valence-electron chi connectivity index (χ4n) is 1.88. The van der Waals surface area contributed by atoms with Gasteiger partial charge in [0, 0.05) is 27.2 Å². The number of hydrogen-bond donors (Lipinski definition) is 0. The van der Waals surface area contributed by atoms with Crippen LogP contribution in [0.25, 0.3) is 0 Å². The molecule has 0 spiro atoms. The first-order chi connectivity index (χ1) is 8.98. The van der Waals surface area contributed by atoms with E-state index in [0.29, 0.717) is 28.3 Å². The Hall–Kier alpha value is 0.227. The van der Waals surface area contributed by atoms with Crippen molar-refractivity contribution >= 4 is 43.4 Å². The lowest BCUT2D eigenvalue weighted by Gasteiger charge is -2.28. The van der Waals surface area contributed by atoms with Gasteiger partial charge in [-0.25, -0.2) is 0 Å². The molecule has 0 aromatic heterocycles. The van der Waals surface area contributed by atoms with Gasteiger partial charge in [0.25, 0.3) is 0 Å². The van der Waals surface area contributed by atoms with Gasteiger partial charge < -0.3 is 8.85 Å². The molecular weight excluding hydrogens is 323 g/mol. The van der Waals surface area contributed by atoms with Crippen LogP contribution < -0.4 is 0 Å². The van der Waals surface area contributed by atoms with Crippen LogP contribution in [0.2, 0.25) is 27.2 Å². The van der Waals surface area contributed by atoms with Crippen LogP contribution in [0.3, 0.4) is 0 Å². The Bertz CT molecular complexity index is 399. The van der Waals surface area contributed by atoms with Crippen LogP contribution in [0.4, 0.5) is 0 Å². The van der Waals surface area contributed by atoms with Gasteiger partial charge in [-0.3, -0.25) is 0 Å². The van der Waals surface area contributed by atoms with E-state index in [9.17, 15) is 0 Å². The highest BCUT2D eigenvalue weighted by Crippen LogP contribution is 2.31. The van der Waals surface area contributed by atoms with Gasteiger partial charge in [-0.15, -0.1) is 0 Å². The lowest BCUT2D eigenvalue weighted by Crippen LogP contribution is -2.40. The van der Waals surface area contributed by atoms with Gasteiger partial charge in [-0.05, 0) is 31.1 Å². The fraction of sp³-hybridized carbons (Fsp3) is 0.538. The fourth-order valence-corrected chi connectivity index (χ4v) is 5.14. The minimum atomic E-state index is -2.14. The van der Waals surface area contributed by atoms with E-state index in [-0.39, 0.29) is 0 Å². The molecule has 0 saturated carbocycles. The van der Waals surface area contributed by atoms with Gasteiger partial charge >= 0.3 is 8.56 Å². The summed E-state index contributed by atoms with van der Waals surface area (Å²) in [4.78, 5) is 0. The third-order valence-corrected chi connectivity index (χ3v) is 7.60. The van der Waals surface area contributed by atoms with Crippen molar-refractivity contribution in [3.8, 4) is 0 Å². The molecule has 0 amide bonds. The second-order valence-corrected chi connectivity index (χ2v) is 9.25. The number of benzene rings is 1. The molecule has 0 heterocycles. The summed E-state index contributed by atoms with van der Waals surface area (Å²) in [6.45, 7) is 7.20. The van der Waals surface area contributed by atoms with Crippen LogP contribution in [-0.2, 0) is 15.5 Å². The SMILES string of the molecule is CCO[Si](CC)(CC)OCc1c(Cl)cc(Cl)cc1Cl. The third-order valence-electron chi connectivity index (χ3n) is 3.07. The van der Waals surface area contributed by atoms with Gasteiger partial charge in [0.15, 0.2) is 0 Å². The zero-order valence-corrected chi connectivity index (χ0v) is 14.7. The summed E-state index contributed by atoms with van der Waals surface area (Å²) in [7, 11) is -2.14. The molecule has 0 N–H and O–H groups in total. The van der Waals surface area contributed by atoms with E-state index in [0.717, 1.165) is 17.7 Å². The molecular formula is C13H19Cl3O2Si. The molecule has 0 fully saturated rings. The van der Waals surface area contributed by atoms with Crippen molar-refractivity contribution in [1.82, 2.24) is 0 Å². The zero-order chi connectivity index (χ0) is 14.5. The van der Waals surface area contributed by atoms with Crippen molar-refractivity contribution in [3.05, 3.63) is 32.8 Å². The second-order valence-electron chi connectivity index (χ2n) is 4.19. The Morgan fingerprint density at radius 2 is 1.47 bits per heavy atom. The normalized spacial score (nSPS) is 11.9. The highest BCUT2D eigenvalue weighted by atomic mass is 35.5. The van der Waals surface area contributed by atoms with E-state index in [4.69, 9.17) is 43.7 Å². The van der Waals surface area contributed by atoms with E-state index in [1.165, 1.54) is 0 Å². The topological polar surface area (TPSA) is 18.5 Å². The maximum absolute atomic E-state index is 6.15. The summed E-state index contributed by atoms with van der Waals surface area (Å²) < 4.78 is 11.9. The predicted octanol–water partition coefficient (Wildman–Crippen LogP) is 5.68. The van der Waals surface area contributed by atoms with Crippen molar-refractivity contribution in [3.63, 3.8) is 0 Å². The minimum absolute atomic E-state index is 0.364. The van der Waals surface area contributed by atoms with Crippen LogP contribution in [0.5, 0.6) is 0 Å². The van der Waals surface area contributed by atoms with E-state index >= 15 is 0 Å². The Balaban J connectivity index is 2.85. The monoisotopic (exact) mass is 340 g/mol. The molecule has 0 aliphatic rings. The molecule has 19 heavy (non-hydrogen) atoms. The number of halogens is 3. The first-order valence-electron chi connectivity index (χ1n) is 6.39. The summed E-state index contributed by atoms with van der Waals surface area (Å²) >= 11 is 18.2. The second kappa shape index (κ2) is 7.86. The highest BCUT2D eigenvalue weighted by Gasteiger charge is 2.33. The smallest absolute Gasteiger partial charge is 0.337 e. The molecule has 1 aromatic rings. The van der Waals surface area contributed by atoms with Gasteiger partial charge in [0.1, 0.15) is 0 Å². The van der Waals surface area contributed by atoms with Crippen molar-refractivity contribution in [2.24, 2.45) is 0 Å². The average Bonchev–Trinajstić information content (AvgIpc) is 2.36. The van der Waals surface area contributed by atoms with E-state index in [1.54, 1.807) is 12.1 Å². The molecule has 0 unspecified atom stereocenters. The van der Waals surface area contributed by atoms with Crippen LogP contribution in [0, 0.1) is 0 Å². The highest BCUT2D eigenvalue weighted by molar-refractivity contribution is 6.67. The summed E-state index contributed by atoms with van der Waals surface area (Å²) in [5.74, 6) is 0. The van der Waals surface area contributed by atoms with Crippen molar-refractivity contribution in [1.29, 1.82) is 0 Å². The Morgan fingerprint density at radius 1 is 0.947 bits per heavy atom. The third kappa shape index (κ3) is 4.62. The molecule has 1 rings (SSSR count). The molecule has 6 heteroatoms. The molecule has 0 aliphatic carbocycles. The molecule has 2 nitrogen and oxygen atoms in total. The largest absolute Gasteiger partial charge is 0.394 e. The van der Waals surface area contributed by atoms with Crippen molar-refractivity contribution in [2.45, 2.75) is 39.5 Å². The molecule has 108 valence electrons. The number of hydrogen-bond acceptors (Lipinski definition) is 2. The summed E-state index contributed by atoms with van der Waals surface area (Å²) in [6, 6.07) is 5.16. The van der Waals surface area contributed by atoms with E-state index in [2.05, 4.69) is 13.8 Å².